The van der Waals surface area contributed by atoms with Crippen molar-refractivity contribution in [2.45, 2.75) is 71.6 Å². The number of piperidine rings is 1. The van der Waals surface area contributed by atoms with E-state index >= 15 is 0 Å². The highest BCUT2D eigenvalue weighted by molar-refractivity contribution is 5.85. The number of rotatable bonds is 5. The van der Waals surface area contributed by atoms with Crippen LogP contribution in [0.3, 0.4) is 0 Å². The summed E-state index contributed by atoms with van der Waals surface area (Å²) in [5.41, 5.74) is -0.573. The number of nitrogens with zero attached hydrogens (tertiary/aromatic N) is 1. The summed E-state index contributed by atoms with van der Waals surface area (Å²) in [6.07, 6.45) is 1.95. The maximum Gasteiger partial charge on any atom is 0.408 e. The van der Waals surface area contributed by atoms with Crippen LogP contribution in [-0.2, 0) is 9.53 Å². The van der Waals surface area contributed by atoms with Gasteiger partial charge >= 0.3 is 6.09 Å². The Bertz CT molecular complexity index is 396. The molecule has 0 aromatic rings. The van der Waals surface area contributed by atoms with Crippen LogP contribution in [0.1, 0.15) is 53.9 Å². The van der Waals surface area contributed by atoms with E-state index in [0.29, 0.717) is 12.3 Å². The number of amides is 2. The summed E-state index contributed by atoms with van der Waals surface area (Å²) in [4.78, 5) is 26.8. The summed E-state index contributed by atoms with van der Waals surface area (Å²) in [7, 11) is 2.09. The third-order valence-electron chi connectivity index (χ3n) is 3.78. The van der Waals surface area contributed by atoms with Crippen molar-refractivity contribution < 1.29 is 14.3 Å². The monoisotopic (exact) mass is 327 g/mol. The largest absolute Gasteiger partial charge is 0.444 e. The molecule has 0 saturated carbocycles. The van der Waals surface area contributed by atoms with Crippen LogP contribution in [0.15, 0.2) is 0 Å². The molecular weight excluding hydrogens is 294 g/mol. The third-order valence-corrected chi connectivity index (χ3v) is 3.78. The molecule has 0 unspecified atom stereocenters. The van der Waals surface area contributed by atoms with Crippen molar-refractivity contribution in [3.05, 3.63) is 0 Å². The Balaban J connectivity index is 2.58. The zero-order chi connectivity index (χ0) is 17.6. The Kier molecular flexibility index (Phi) is 7.32. The van der Waals surface area contributed by atoms with Crippen molar-refractivity contribution in [2.75, 3.05) is 20.1 Å². The first-order valence-corrected chi connectivity index (χ1v) is 8.55. The maximum absolute atomic E-state index is 12.5. The number of likely N-dealkylation sites (tertiary alicyclic amines) is 1. The van der Waals surface area contributed by atoms with Crippen molar-refractivity contribution in [3.8, 4) is 0 Å². The summed E-state index contributed by atoms with van der Waals surface area (Å²) in [5.74, 6) is 0.192. The molecule has 1 aliphatic heterocycles. The first-order chi connectivity index (χ1) is 10.6. The number of nitrogens with one attached hydrogen (secondary N) is 2. The predicted molar refractivity (Wildman–Crippen MR) is 91.3 cm³/mol. The second-order valence-corrected chi connectivity index (χ2v) is 7.91. The van der Waals surface area contributed by atoms with E-state index in [2.05, 4.69) is 22.6 Å². The molecule has 0 aromatic carbocycles. The summed E-state index contributed by atoms with van der Waals surface area (Å²) >= 11 is 0. The molecule has 0 spiro atoms. The van der Waals surface area contributed by atoms with Gasteiger partial charge in [-0.2, -0.15) is 0 Å². The summed E-state index contributed by atoms with van der Waals surface area (Å²) in [6.45, 7) is 11.5. The molecule has 1 saturated heterocycles. The Morgan fingerprint density at radius 3 is 2.26 bits per heavy atom. The molecule has 0 aliphatic carbocycles. The number of alkyl carbamates (subject to hydrolysis) is 1. The van der Waals surface area contributed by atoms with Crippen LogP contribution in [-0.4, -0.2) is 54.7 Å². The predicted octanol–water partition coefficient (Wildman–Crippen LogP) is 2.14. The summed E-state index contributed by atoms with van der Waals surface area (Å²) < 4.78 is 5.27. The molecule has 1 heterocycles. The first kappa shape index (κ1) is 19.7. The van der Waals surface area contributed by atoms with Gasteiger partial charge in [0.1, 0.15) is 11.6 Å². The lowest BCUT2D eigenvalue weighted by Gasteiger charge is -2.31. The van der Waals surface area contributed by atoms with Gasteiger partial charge < -0.3 is 20.3 Å². The van der Waals surface area contributed by atoms with Crippen LogP contribution in [0.25, 0.3) is 0 Å². The van der Waals surface area contributed by atoms with Crippen molar-refractivity contribution in [3.63, 3.8) is 0 Å². The third kappa shape index (κ3) is 8.21. The number of hydrogen-bond acceptors (Lipinski definition) is 4. The molecule has 1 aliphatic rings. The Morgan fingerprint density at radius 1 is 1.22 bits per heavy atom. The Hall–Kier alpha value is -1.30. The fraction of sp³-hybridized carbons (Fsp3) is 0.882. The van der Waals surface area contributed by atoms with Crippen molar-refractivity contribution >= 4 is 12.0 Å². The van der Waals surface area contributed by atoms with Gasteiger partial charge in [0.15, 0.2) is 0 Å². The smallest absolute Gasteiger partial charge is 0.408 e. The topological polar surface area (TPSA) is 70.7 Å². The average Bonchev–Trinajstić information content (AvgIpc) is 2.38. The van der Waals surface area contributed by atoms with Crippen molar-refractivity contribution in [1.29, 1.82) is 0 Å². The molecule has 1 rings (SSSR count). The van der Waals surface area contributed by atoms with Crippen LogP contribution in [0.2, 0.25) is 0 Å². The molecule has 6 nitrogen and oxygen atoms in total. The Morgan fingerprint density at radius 2 is 1.78 bits per heavy atom. The van der Waals surface area contributed by atoms with Crippen molar-refractivity contribution in [2.24, 2.45) is 5.92 Å². The minimum absolute atomic E-state index is 0.112. The second-order valence-electron chi connectivity index (χ2n) is 7.91. The molecule has 23 heavy (non-hydrogen) atoms. The lowest BCUT2D eigenvalue weighted by Crippen LogP contribution is -2.52. The van der Waals surface area contributed by atoms with E-state index < -0.39 is 17.7 Å². The molecule has 0 bridgehead atoms. The number of carbonyl (C=O) groups is 2. The number of ether oxygens (including phenoxy) is 1. The van der Waals surface area contributed by atoms with E-state index in [-0.39, 0.29) is 11.9 Å². The van der Waals surface area contributed by atoms with Crippen LogP contribution in [0.5, 0.6) is 0 Å². The molecule has 1 fully saturated rings. The zero-order valence-corrected chi connectivity index (χ0v) is 15.4. The lowest BCUT2D eigenvalue weighted by molar-refractivity contribution is -0.124. The highest BCUT2D eigenvalue weighted by Crippen LogP contribution is 2.12. The van der Waals surface area contributed by atoms with Gasteiger partial charge in [-0.1, -0.05) is 13.8 Å². The standard InChI is InChI=1S/C17H33N3O3/c1-12(2)11-14(19-16(22)23-17(3,4)5)15(21)18-13-7-9-20(6)10-8-13/h12-14H,7-11H2,1-6H3,(H,18,21)(H,19,22)/t14-/m1/s1. The second kappa shape index (κ2) is 8.52. The summed E-state index contributed by atoms with van der Waals surface area (Å²) in [6, 6.07) is -0.363. The van der Waals surface area contributed by atoms with Crippen LogP contribution < -0.4 is 10.6 Å². The molecule has 1 atom stereocenters. The quantitative estimate of drug-likeness (QED) is 0.811. The van der Waals surface area contributed by atoms with Gasteiger partial charge in [0, 0.05) is 6.04 Å². The van der Waals surface area contributed by atoms with Gasteiger partial charge in [0.2, 0.25) is 5.91 Å². The molecule has 2 amide bonds. The number of hydrogen-bond donors (Lipinski definition) is 2. The highest BCUT2D eigenvalue weighted by Gasteiger charge is 2.27. The van der Waals surface area contributed by atoms with Gasteiger partial charge in [0.25, 0.3) is 0 Å². The van der Waals surface area contributed by atoms with E-state index in [1.54, 1.807) is 0 Å². The van der Waals surface area contributed by atoms with Gasteiger partial charge in [-0.05, 0) is 66.1 Å². The molecule has 0 aromatic heterocycles. The molecule has 6 heteroatoms. The first-order valence-electron chi connectivity index (χ1n) is 8.55. The minimum Gasteiger partial charge on any atom is -0.444 e. The van der Waals surface area contributed by atoms with Gasteiger partial charge in [0.05, 0.1) is 0 Å². The fourth-order valence-electron chi connectivity index (χ4n) is 2.61. The zero-order valence-electron chi connectivity index (χ0n) is 15.4. The van der Waals surface area contributed by atoms with E-state index in [0.717, 1.165) is 25.9 Å². The normalized spacial score (nSPS) is 18.6. The van der Waals surface area contributed by atoms with E-state index in [1.807, 2.05) is 34.6 Å². The van der Waals surface area contributed by atoms with Crippen LogP contribution in [0, 0.1) is 5.92 Å². The maximum atomic E-state index is 12.5. The van der Waals surface area contributed by atoms with Gasteiger partial charge in [-0.15, -0.1) is 0 Å². The van der Waals surface area contributed by atoms with Crippen molar-refractivity contribution in [1.82, 2.24) is 15.5 Å². The fourth-order valence-corrected chi connectivity index (χ4v) is 2.61. The highest BCUT2D eigenvalue weighted by atomic mass is 16.6. The van der Waals surface area contributed by atoms with E-state index in [4.69, 9.17) is 4.74 Å². The van der Waals surface area contributed by atoms with Gasteiger partial charge in [-0.25, -0.2) is 4.79 Å². The molecule has 134 valence electrons. The Labute approximate surface area is 140 Å². The minimum atomic E-state index is -0.573. The SMILES string of the molecule is CC(C)C[C@@H](NC(=O)OC(C)(C)C)C(=O)NC1CCN(C)CC1. The summed E-state index contributed by atoms with van der Waals surface area (Å²) in [5, 5.41) is 5.80. The average molecular weight is 327 g/mol. The molecular formula is C17H33N3O3. The lowest BCUT2D eigenvalue weighted by atomic mass is 10.0. The van der Waals surface area contributed by atoms with Crippen LogP contribution >= 0.6 is 0 Å². The number of carbonyl (C=O) groups excluding carboxylic acids is 2. The molecule has 0 radical (unpaired) electrons. The molecule has 2 N–H and O–H groups in total. The van der Waals surface area contributed by atoms with Crippen LogP contribution in [0.4, 0.5) is 4.79 Å². The van der Waals surface area contributed by atoms with E-state index in [1.165, 1.54) is 0 Å². The van der Waals surface area contributed by atoms with E-state index in [9.17, 15) is 9.59 Å². The van der Waals surface area contributed by atoms with Gasteiger partial charge in [-0.3, -0.25) is 4.79 Å².